The first-order valence-electron chi connectivity index (χ1n) is 29.9. The highest BCUT2D eigenvalue weighted by atomic mass is 16.6. The first kappa shape index (κ1) is 64.4. The third kappa shape index (κ3) is 53.4. The standard InChI is InChI=1S/C60H116O6/c1-5-7-9-11-13-15-17-19-21-22-23-24-28-31-35-39-43-47-51-58(61)64-54-57(66-60(63)53-49-45-41-37-33-27-20-18-16-14-12-10-8-6-2)55-65-59(62)52-48-44-40-36-32-29-25-26-30-34-38-42-46-50-56(3)4/h56-57H,5-55H2,1-4H3/t57-/m1/s1. The summed E-state index contributed by atoms with van der Waals surface area (Å²) in [4.78, 5) is 38.2. The Labute approximate surface area is 412 Å². The maximum absolute atomic E-state index is 12.8. The van der Waals surface area contributed by atoms with Gasteiger partial charge in [-0.15, -0.1) is 0 Å². The quantitative estimate of drug-likeness (QED) is 0.0343. The van der Waals surface area contributed by atoms with Crippen LogP contribution in [0.2, 0.25) is 0 Å². The minimum Gasteiger partial charge on any atom is -0.462 e. The molecule has 6 heteroatoms. The Morgan fingerprint density at radius 3 is 0.742 bits per heavy atom. The average molecular weight is 934 g/mol. The Hall–Kier alpha value is -1.59. The summed E-state index contributed by atoms with van der Waals surface area (Å²) in [5, 5.41) is 0. The van der Waals surface area contributed by atoms with Gasteiger partial charge in [0.1, 0.15) is 13.2 Å². The van der Waals surface area contributed by atoms with Gasteiger partial charge in [0.15, 0.2) is 6.10 Å². The Morgan fingerprint density at radius 2 is 0.500 bits per heavy atom. The lowest BCUT2D eigenvalue weighted by atomic mass is 10.0. The summed E-state index contributed by atoms with van der Waals surface area (Å²) in [6, 6.07) is 0. The van der Waals surface area contributed by atoms with Crippen molar-refractivity contribution in [3.05, 3.63) is 0 Å². The van der Waals surface area contributed by atoms with Gasteiger partial charge in [0.2, 0.25) is 0 Å². The third-order valence-corrected chi connectivity index (χ3v) is 13.8. The lowest BCUT2D eigenvalue weighted by Gasteiger charge is -2.18. The molecule has 0 N–H and O–H groups in total. The van der Waals surface area contributed by atoms with Gasteiger partial charge in [-0.2, -0.15) is 0 Å². The highest BCUT2D eigenvalue weighted by Crippen LogP contribution is 2.18. The van der Waals surface area contributed by atoms with Crippen molar-refractivity contribution in [3.8, 4) is 0 Å². The van der Waals surface area contributed by atoms with Crippen LogP contribution in [-0.2, 0) is 28.6 Å². The predicted molar refractivity (Wildman–Crippen MR) is 284 cm³/mol. The molecule has 392 valence electrons. The summed E-state index contributed by atoms with van der Waals surface area (Å²) in [6.07, 6.45) is 59.5. The molecule has 0 aliphatic carbocycles. The van der Waals surface area contributed by atoms with E-state index in [2.05, 4.69) is 27.7 Å². The molecule has 6 nitrogen and oxygen atoms in total. The molecule has 0 radical (unpaired) electrons. The van der Waals surface area contributed by atoms with Crippen molar-refractivity contribution in [1.29, 1.82) is 0 Å². The van der Waals surface area contributed by atoms with Crippen LogP contribution >= 0.6 is 0 Å². The highest BCUT2D eigenvalue weighted by Gasteiger charge is 2.19. The number of carbonyl (C=O) groups excluding carboxylic acids is 3. The zero-order valence-corrected chi connectivity index (χ0v) is 45.2. The van der Waals surface area contributed by atoms with E-state index < -0.39 is 6.10 Å². The fourth-order valence-electron chi connectivity index (χ4n) is 9.28. The Kier molecular flexibility index (Phi) is 53.0. The molecule has 0 heterocycles. The van der Waals surface area contributed by atoms with E-state index in [1.165, 1.54) is 238 Å². The zero-order chi connectivity index (χ0) is 48.1. The number of hydrogen-bond acceptors (Lipinski definition) is 6. The van der Waals surface area contributed by atoms with E-state index in [1.54, 1.807) is 0 Å². The maximum atomic E-state index is 12.8. The molecule has 0 aromatic heterocycles. The van der Waals surface area contributed by atoms with Gasteiger partial charge >= 0.3 is 17.9 Å². The second-order valence-corrected chi connectivity index (χ2v) is 21.1. The zero-order valence-electron chi connectivity index (χ0n) is 45.2. The number of carbonyl (C=O) groups is 3. The normalized spacial score (nSPS) is 12.0. The van der Waals surface area contributed by atoms with Crippen molar-refractivity contribution < 1.29 is 28.6 Å². The third-order valence-electron chi connectivity index (χ3n) is 13.8. The summed E-state index contributed by atoms with van der Waals surface area (Å²) in [6.45, 7) is 9.07. The van der Waals surface area contributed by atoms with E-state index in [-0.39, 0.29) is 31.1 Å². The van der Waals surface area contributed by atoms with Gasteiger partial charge < -0.3 is 14.2 Å². The molecule has 0 amide bonds. The molecular formula is C60H116O6. The molecule has 0 aliphatic heterocycles. The molecule has 0 saturated carbocycles. The van der Waals surface area contributed by atoms with Gasteiger partial charge in [-0.3, -0.25) is 14.4 Å². The van der Waals surface area contributed by atoms with Gasteiger partial charge in [0.05, 0.1) is 0 Å². The molecule has 0 bridgehead atoms. The molecule has 0 unspecified atom stereocenters. The first-order valence-corrected chi connectivity index (χ1v) is 29.9. The van der Waals surface area contributed by atoms with Crippen molar-refractivity contribution in [2.45, 2.75) is 348 Å². The largest absolute Gasteiger partial charge is 0.462 e. The summed E-state index contributed by atoms with van der Waals surface area (Å²) < 4.78 is 16.9. The molecule has 0 saturated heterocycles. The van der Waals surface area contributed by atoms with Crippen LogP contribution in [-0.4, -0.2) is 37.2 Å². The van der Waals surface area contributed by atoms with Gasteiger partial charge in [-0.1, -0.05) is 304 Å². The minimum atomic E-state index is -0.762. The van der Waals surface area contributed by atoms with Gasteiger partial charge in [-0.25, -0.2) is 0 Å². The topological polar surface area (TPSA) is 78.9 Å². The van der Waals surface area contributed by atoms with Crippen LogP contribution < -0.4 is 0 Å². The fourth-order valence-corrected chi connectivity index (χ4v) is 9.28. The van der Waals surface area contributed by atoms with E-state index in [1.807, 2.05) is 0 Å². The van der Waals surface area contributed by atoms with E-state index in [4.69, 9.17) is 14.2 Å². The number of ether oxygens (including phenoxy) is 3. The lowest BCUT2D eigenvalue weighted by Crippen LogP contribution is -2.30. The van der Waals surface area contributed by atoms with E-state index in [0.717, 1.165) is 63.7 Å². The van der Waals surface area contributed by atoms with E-state index in [0.29, 0.717) is 19.3 Å². The molecule has 66 heavy (non-hydrogen) atoms. The molecule has 0 aromatic carbocycles. The Morgan fingerprint density at radius 1 is 0.288 bits per heavy atom. The number of unbranched alkanes of at least 4 members (excludes halogenated alkanes) is 42. The van der Waals surface area contributed by atoms with E-state index >= 15 is 0 Å². The summed E-state index contributed by atoms with van der Waals surface area (Å²) >= 11 is 0. The summed E-state index contributed by atoms with van der Waals surface area (Å²) in [7, 11) is 0. The van der Waals surface area contributed by atoms with Crippen LogP contribution in [0.4, 0.5) is 0 Å². The van der Waals surface area contributed by atoms with Gasteiger partial charge in [-0.05, 0) is 25.2 Å². The molecular weight excluding hydrogens is 817 g/mol. The number of rotatable bonds is 55. The van der Waals surface area contributed by atoms with Gasteiger partial charge in [0.25, 0.3) is 0 Å². The highest BCUT2D eigenvalue weighted by molar-refractivity contribution is 5.71. The van der Waals surface area contributed by atoms with Crippen LogP contribution in [0, 0.1) is 5.92 Å². The Balaban J connectivity index is 4.28. The Bertz CT molecular complexity index is 996. The molecule has 0 aliphatic rings. The van der Waals surface area contributed by atoms with Crippen molar-refractivity contribution in [1.82, 2.24) is 0 Å². The second-order valence-electron chi connectivity index (χ2n) is 21.1. The predicted octanol–water partition coefficient (Wildman–Crippen LogP) is 19.8. The van der Waals surface area contributed by atoms with Crippen LogP contribution in [0.25, 0.3) is 0 Å². The summed E-state index contributed by atoms with van der Waals surface area (Å²) in [5.41, 5.74) is 0. The molecule has 0 rings (SSSR count). The van der Waals surface area contributed by atoms with Crippen LogP contribution in [0.5, 0.6) is 0 Å². The smallest absolute Gasteiger partial charge is 0.306 e. The molecule has 1 atom stereocenters. The van der Waals surface area contributed by atoms with Crippen molar-refractivity contribution >= 4 is 17.9 Å². The molecule has 0 fully saturated rings. The fraction of sp³-hybridized carbons (Fsp3) is 0.950. The van der Waals surface area contributed by atoms with Crippen molar-refractivity contribution in [3.63, 3.8) is 0 Å². The first-order chi connectivity index (χ1) is 32.4. The SMILES string of the molecule is CCCCCCCCCCCCCCCCCCCCC(=O)OC[C@H](COC(=O)CCCCCCCCCCCCCCCC(C)C)OC(=O)CCCCCCCCCCCCCCCC. The average Bonchev–Trinajstić information content (AvgIpc) is 3.30. The monoisotopic (exact) mass is 933 g/mol. The molecule has 0 spiro atoms. The van der Waals surface area contributed by atoms with Crippen molar-refractivity contribution in [2.24, 2.45) is 5.92 Å². The van der Waals surface area contributed by atoms with Crippen molar-refractivity contribution in [2.75, 3.05) is 13.2 Å². The van der Waals surface area contributed by atoms with Crippen LogP contribution in [0.1, 0.15) is 342 Å². The maximum Gasteiger partial charge on any atom is 0.306 e. The van der Waals surface area contributed by atoms with Gasteiger partial charge in [0, 0.05) is 19.3 Å². The molecule has 0 aromatic rings. The summed E-state index contributed by atoms with van der Waals surface area (Å²) in [5.74, 6) is 0.00707. The van der Waals surface area contributed by atoms with Crippen LogP contribution in [0.15, 0.2) is 0 Å². The lowest BCUT2D eigenvalue weighted by molar-refractivity contribution is -0.167. The van der Waals surface area contributed by atoms with Crippen LogP contribution in [0.3, 0.4) is 0 Å². The number of esters is 3. The van der Waals surface area contributed by atoms with E-state index in [9.17, 15) is 14.4 Å². The second kappa shape index (κ2) is 54.4. The number of hydrogen-bond donors (Lipinski definition) is 0. The minimum absolute atomic E-state index is 0.0616.